The Morgan fingerprint density at radius 1 is 1.10 bits per heavy atom. The van der Waals surface area contributed by atoms with Crippen molar-refractivity contribution >= 4 is 51.1 Å². The molecule has 3 unspecified atom stereocenters. The molecule has 39 heavy (non-hydrogen) atoms. The molecule has 10 heteroatoms. The normalized spacial score (nSPS) is 28.8. The topological polar surface area (TPSA) is 108 Å². The number of halogens is 1. The summed E-state index contributed by atoms with van der Waals surface area (Å²) in [7, 11) is 1.59. The van der Waals surface area contributed by atoms with Crippen LogP contribution in [-0.2, 0) is 20.9 Å². The van der Waals surface area contributed by atoms with Crippen molar-refractivity contribution in [1.29, 1.82) is 0 Å². The summed E-state index contributed by atoms with van der Waals surface area (Å²) in [6.45, 7) is 0.892. The lowest BCUT2D eigenvalue weighted by molar-refractivity contribution is -0.139. The Kier molecular flexibility index (Phi) is 8.54. The van der Waals surface area contributed by atoms with Gasteiger partial charge in [-0.2, -0.15) is 0 Å². The standard InChI is InChI=1S/C29H34BrN3O5S/c1-38-20-12-10-19(11-13-20)32-27(36)25-29-16-21(30)24(39-29)22(26(35)31-17-18-8-4-2-5-9-18)23(29)28(37)33(25)14-6-3-7-15-34/h2,4-5,8-13,21-25,34H,3,6-7,14-17H2,1H3,(H,31,35)(H,32,36)/t21?,22-,23-,24-,25?,29?/m0/s1. The molecule has 6 atom stereocenters. The number of ether oxygens (including phenoxy) is 1. The van der Waals surface area contributed by atoms with Gasteiger partial charge in [0, 0.05) is 35.5 Å². The number of thioether (sulfide) groups is 1. The third kappa shape index (κ3) is 5.30. The summed E-state index contributed by atoms with van der Waals surface area (Å²) >= 11 is 5.43. The van der Waals surface area contributed by atoms with Crippen molar-refractivity contribution in [3.05, 3.63) is 60.2 Å². The SMILES string of the molecule is COc1ccc(NC(=O)C2N(CCCCCO)C(=O)[C@@H]3[C@H](C(=O)NCc4ccccc4)[C@H]4SC23CC4Br)cc1. The smallest absolute Gasteiger partial charge is 0.248 e. The molecule has 3 heterocycles. The monoisotopic (exact) mass is 615 g/mol. The molecule has 3 N–H and O–H groups in total. The number of nitrogens with zero attached hydrogens (tertiary/aromatic N) is 1. The number of nitrogens with one attached hydrogen (secondary N) is 2. The Morgan fingerprint density at radius 2 is 1.85 bits per heavy atom. The molecule has 208 valence electrons. The molecule has 2 aromatic carbocycles. The second-order valence-electron chi connectivity index (χ2n) is 10.4. The molecule has 3 aliphatic heterocycles. The predicted octanol–water partition coefficient (Wildman–Crippen LogP) is 3.58. The van der Waals surface area contributed by atoms with Crippen LogP contribution >= 0.6 is 27.7 Å². The second kappa shape index (κ2) is 11.9. The van der Waals surface area contributed by atoms with Gasteiger partial charge in [-0.1, -0.05) is 46.3 Å². The Labute approximate surface area is 241 Å². The largest absolute Gasteiger partial charge is 0.497 e. The third-order valence-electron chi connectivity index (χ3n) is 8.06. The van der Waals surface area contributed by atoms with Crippen LogP contribution in [0.5, 0.6) is 5.75 Å². The molecule has 5 rings (SSSR count). The number of amides is 3. The first-order valence-electron chi connectivity index (χ1n) is 13.4. The number of hydrogen-bond acceptors (Lipinski definition) is 6. The number of carbonyl (C=O) groups is 3. The van der Waals surface area contributed by atoms with E-state index in [0.29, 0.717) is 43.8 Å². The molecule has 3 aliphatic rings. The number of alkyl halides is 1. The number of unbranched alkanes of at least 4 members (excludes halogenated alkanes) is 2. The summed E-state index contributed by atoms with van der Waals surface area (Å²) in [6, 6.07) is 16.1. The van der Waals surface area contributed by atoms with E-state index in [9.17, 15) is 19.5 Å². The van der Waals surface area contributed by atoms with Crippen LogP contribution in [0.1, 0.15) is 31.2 Å². The first kappa shape index (κ1) is 28.0. The van der Waals surface area contributed by atoms with Crippen LogP contribution in [0, 0.1) is 11.8 Å². The number of rotatable bonds is 11. The molecular weight excluding hydrogens is 582 g/mol. The van der Waals surface area contributed by atoms with Gasteiger partial charge < -0.3 is 25.4 Å². The van der Waals surface area contributed by atoms with Crippen molar-refractivity contribution in [2.45, 2.75) is 53.1 Å². The second-order valence-corrected chi connectivity index (χ2v) is 13.1. The molecule has 1 spiro atoms. The van der Waals surface area contributed by atoms with Gasteiger partial charge in [-0.15, -0.1) is 11.8 Å². The predicted molar refractivity (Wildman–Crippen MR) is 155 cm³/mol. The quantitative estimate of drug-likeness (QED) is 0.263. The van der Waals surface area contributed by atoms with E-state index in [0.717, 1.165) is 12.0 Å². The average Bonchev–Trinajstić information content (AvgIpc) is 3.54. The molecule has 0 radical (unpaired) electrons. The van der Waals surface area contributed by atoms with Gasteiger partial charge in [-0.05, 0) is 55.5 Å². The molecule has 0 aliphatic carbocycles. The van der Waals surface area contributed by atoms with Crippen LogP contribution in [0.4, 0.5) is 5.69 Å². The van der Waals surface area contributed by atoms with Crippen molar-refractivity contribution in [3.8, 4) is 5.75 Å². The van der Waals surface area contributed by atoms with E-state index in [1.807, 2.05) is 30.3 Å². The zero-order valence-electron chi connectivity index (χ0n) is 21.8. The average molecular weight is 617 g/mol. The van der Waals surface area contributed by atoms with Crippen molar-refractivity contribution < 1.29 is 24.2 Å². The highest BCUT2D eigenvalue weighted by molar-refractivity contribution is 9.09. The maximum Gasteiger partial charge on any atom is 0.248 e. The summed E-state index contributed by atoms with van der Waals surface area (Å²) in [6.07, 6.45) is 2.71. The lowest BCUT2D eigenvalue weighted by Gasteiger charge is -2.35. The lowest BCUT2D eigenvalue weighted by atomic mass is 9.70. The van der Waals surface area contributed by atoms with E-state index in [1.165, 1.54) is 0 Å². The third-order valence-corrected chi connectivity index (χ3v) is 11.3. The highest BCUT2D eigenvalue weighted by atomic mass is 79.9. The minimum Gasteiger partial charge on any atom is -0.497 e. The summed E-state index contributed by atoms with van der Waals surface area (Å²) in [5, 5.41) is 15.2. The minimum absolute atomic E-state index is 0.0182. The van der Waals surface area contributed by atoms with E-state index in [2.05, 4.69) is 26.6 Å². The van der Waals surface area contributed by atoms with Crippen LogP contribution in [0.15, 0.2) is 54.6 Å². The fourth-order valence-electron chi connectivity index (χ4n) is 6.33. The summed E-state index contributed by atoms with van der Waals surface area (Å²) in [5.41, 5.74) is 1.62. The van der Waals surface area contributed by atoms with Crippen LogP contribution in [0.2, 0.25) is 0 Å². The van der Waals surface area contributed by atoms with Crippen LogP contribution < -0.4 is 15.4 Å². The number of hydrogen-bond donors (Lipinski definition) is 3. The highest BCUT2D eigenvalue weighted by Gasteiger charge is 2.75. The molecule has 0 saturated carbocycles. The van der Waals surface area contributed by atoms with E-state index in [-0.39, 0.29) is 34.4 Å². The number of benzene rings is 2. The number of anilines is 1. The summed E-state index contributed by atoms with van der Waals surface area (Å²) in [4.78, 5) is 43.3. The Morgan fingerprint density at radius 3 is 2.54 bits per heavy atom. The molecule has 3 fully saturated rings. The van der Waals surface area contributed by atoms with Crippen LogP contribution in [0.25, 0.3) is 0 Å². The maximum atomic E-state index is 14.1. The molecular formula is C29H34BrN3O5S. The zero-order chi connectivity index (χ0) is 27.6. The van der Waals surface area contributed by atoms with Crippen molar-refractivity contribution in [3.63, 3.8) is 0 Å². The molecule has 3 saturated heterocycles. The van der Waals surface area contributed by atoms with E-state index in [4.69, 9.17) is 4.74 Å². The Hall–Kier alpha value is -2.56. The summed E-state index contributed by atoms with van der Waals surface area (Å²) < 4.78 is 4.53. The molecule has 2 aromatic rings. The molecule has 2 bridgehead atoms. The van der Waals surface area contributed by atoms with Gasteiger partial charge in [0.2, 0.25) is 17.7 Å². The van der Waals surface area contributed by atoms with Gasteiger partial charge in [0.25, 0.3) is 0 Å². The highest BCUT2D eigenvalue weighted by Crippen LogP contribution is 2.67. The molecule has 0 aromatic heterocycles. The van der Waals surface area contributed by atoms with Gasteiger partial charge >= 0.3 is 0 Å². The fourth-order valence-corrected chi connectivity index (χ4v) is 9.94. The van der Waals surface area contributed by atoms with E-state index in [1.54, 1.807) is 48.0 Å². The number of aliphatic hydroxyl groups excluding tert-OH is 1. The minimum atomic E-state index is -0.701. The zero-order valence-corrected chi connectivity index (χ0v) is 24.2. The first-order valence-corrected chi connectivity index (χ1v) is 15.2. The van der Waals surface area contributed by atoms with Crippen LogP contribution in [0.3, 0.4) is 0 Å². The van der Waals surface area contributed by atoms with Gasteiger partial charge in [-0.3, -0.25) is 14.4 Å². The number of aliphatic hydroxyl groups is 1. The van der Waals surface area contributed by atoms with Gasteiger partial charge in [0.1, 0.15) is 11.8 Å². The Bertz CT molecular complexity index is 1200. The Balaban J connectivity index is 1.41. The number of carbonyl (C=O) groups excluding carboxylic acids is 3. The summed E-state index contributed by atoms with van der Waals surface area (Å²) in [5.74, 6) is -0.911. The van der Waals surface area contributed by atoms with Gasteiger partial charge in [-0.25, -0.2) is 0 Å². The number of likely N-dealkylation sites (tertiary alicyclic amines) is 1. The molecule has 8 nitrogen and oxygen atoms in total. The van der Waals surface area contributed by atoms with Crippen molar-refractivity contribution in [1.82, 2.24) is 10.2 Å². The molecule has 3 amide bonds. The maximum absolute atomic E-state index is 14.1. The van der Waals surface area contributed by atoms with E-state index >= 15 is 0 Å². The van der Waals surface area contributed by atoms with Crippen molar-refractivity contribution in [2.24, 2.45) is 11.8 Å². The van der Waals surface area contributed by atoms with E-state index < -0.39 is 22.6 Å². The van der Waals surface area contributed by atoms with Gasteiger partial charge in [0.15, 0.2) is 0 Å². The fraction of sp³-hybridized carbons (Fsp3) is 0.483. The van der Waals surface area contributed by atoms with Crippen LogP contribution in [-0.4, -0.2) is 68.9 Å². The van der Waals surface area contributed by atoms with Gasteiger partial charge in [0.05, 0.1) is 23.7 Å². The number of methoxy groups -OCH3 is 1. The first-order chi connectivity index (χ1) is 18.9. The van der Waals surface area contributed by atoms with Crippen molar-refractivity contribution in [2.75, 3.05) is 25.6 Å². The number of fused-ring (bicyclic) bond motifs is 1. The lowest BCUT2D eigenvalue weighted by Crippen LogP contribution is -2.53.